The first kappa shape index (κ1) is 75.1. The van der Waals surface area contributed by atoms with Crippen LogP contribution >= 0.6 is 49.9 Å². The van der Waals surface area contributed by atoms with Gasteiger partial charge in [0.1, 0.15) is 30.5 Å². The maximum absolute atomic E-state index is 14.1. The number of aryl methyl sites for hydroxylation is 3. The van der Waals surface area contributed by atoms with Crippen LogP contribution in [0.4, 0.5) is 11.4 Å². The number of pyridine rings is 3. The molecule has 2 N–H and O–H groups in total. The van der Waals surface area contributed by atoms with Crippen molar-refractivity contribution in [1.82, 2.24) is 49.3 Å². The van der Waals surface area contributed by atoms with Crippen molar-refractivity contribution in [2.45, 2.75) is 124 Å². The number of H-pyrrole nitrogens is 1. The predicted molar refractivity (Wildman–Crippen MR) is 445 cm³/mol. The lowest BCUT2D eigenvalue weighted by Crippen LogP contribution is -2.51. The summed E-state index contributed by atoms with van der Waals surface area (Å²) in [5, 5.41) is 14.7. The molecular weight excluding hydrogens is 1500 g/mol. The van der Waals surface area contributed by atoms with Crippen molar-refractivity contribution in [2.24, 2.45) is 16.2 Å². The Morgan fingerprint density at radius 3 is 1.31 bits per heavy atom. The number of nitrogens with one attached hydrogen (secondary N) is 2. The molecule has 0 saturated carbocycles. The Labute approximate surface area is 645 Å². The van der Waals surface area contributed by atoms with Crippen LogP contribution in [0, 0.1) is 37.0 Å². The zero-order chi connectivity index (χ0) is 74.4. The van der Waals surface area contributed by atoms with Crippen molar-refractivity contribution in [2.75, 3.05) is 102 Å². The van der Waals surface area contributed by atoms with E-state index < -0.39 is 16.1 Å². The standard InChI is InChI=1S/C29H36N4O3SSi.C23H22N4O2S.C22H24BrN3O2SSi.C7H13NO/c1-20-13-22(32-8-6-29(7-9-32)17-36-18-29)15-23-26(20)31-27(24-14-21-5-11-37-25(21)16-30-24)33(28(23)34)19-35-10-12-38(2,3)4;1-14-8-16(27-5-3-23(4-6-27)12-29-13-23)10-17-20(14)25-21(26-22(17)28)18-9-15-2-7-30-19(15)11-24-18;1-14-9-16(23)11-17-20(14)25-21(18-10-15-5-7-29-19(15)12-24-18)26(22(17)27)13-28-6-8-30(2,3)4;1-3-8-4-2-7(1)5-9-6-7/h5,11,13-16H,6-10,12,17-19H2,1-4H3;2,7-11H,3-6,12-13H2,1H3,(H,25,26,28);5,7,9-12H,6,8,13H2,1-4H3;8H,1-6H2. The van der Waals surface area contributed by atoms with Crippen LogP contribution in [0.5, 0.6) is 0 Å². The van der Waals surface area contributed by atoms with Crippen LogP contribution in [0.3, 0.4) is 0 Å². The summed E-state index contributed by atoms with van der Waals surface area (Å²) in [4.78, 5) is 76.7. The summed E-state index contributed by atoms with van der Waals surface area (Å²) < 4.78 is 35.7. The van der Waals surface area contributed by atoms with Crippen LogP contribution < -0.4 is 31.8 Å². The van der Waals surface area contributed by atoms with Crippen LogP contribution in [0.2, 0.25) is 51.4 Å². The molecule has 0 atom stereocenters. The normalized spacial score (nSPS) is 17.4. The van der Waals surface area contributed by atoms with E-state index >= 15 is 0 Å². The molecule has 560 valence electrons. The first-order valence-electron chi connectivity index (χ1n) is 37.4. The maximum atomic E-state index is 14.1. The number of anilines is 2. The second-order valence-electron chi connectivity index (χ2n) is 32.7. The number of thiophene rings is 3. The number of hydrogen-bond acceptors (Lipinski definition) is 20. The Balaban J connectivity index is 0.000000122. The molecule has 18 rings (SSSR count). The van der Waals surface area contributed by atoms with Gasteiger partial charge in [-0.1, -0.05) is 55.2 Å². The number of aromatic nitrogens is 9. The first-order valence-corrected chi connectivity index (χ1v) is 48.2. The first-order chi connectivity index (χ1) is 51.5. The van der Waals surface area contributed by atoms with E-state index in [0.717, 1.165) is 177 Å². The van der Waals surface area contributed by atoms with Crippen LogP contribution in [-0.2, 0) is 37.1 Å². The van der Waals surface area contributed by atoms with Crippen molar-refractivity contribution in [3.8, 4) is 34.6 Å². The van der Waals surface area contributed by atoms with Crippen LogP contribution in [0.15, 0.2) is 126 Å². The number of nitrogens with zero attached hydrogens (tertiary/aromatic N) is 10. The van der Waals surface area contributed by atoms with E-state index in [1.807, 2.05) is 85.7 Å². The minimum absolute atomic E-state index is 0.0731. The van der Waals surface area contributed by atoms with Gasteiger partial charge in [0.05, 0.1) is 86.4 Å². The molecule has 107 heavy (non-hydrogen) atoms. The summed E-state index contributed by atoms with van der Waals surface area (Å²) in [7, 11) is -2.46. The molecule has 6 aliphatic rings. The molecule has 12 aromatic rings. The second-order valence-corrected chi connectivity index (χ2v) is 47.7. The summed E-state index contributed by atoms with van der Waals surface area (Å²) in [6.07, 6.45) is 12.8. The lowest BCUT2D eigenvalue weighted by molar-refractivity contribution is -0.127. The zero-order valence-electron chi connectivity index (χ0n) is 62.7. The number of piperidine rings is 3. The van der Waals surface area contributed by atoms with Gasteiger partial charge in [0, 0.05) is 106 Å². The van der Waals surface area contributed by atoms with E-state index in [9.17, 15) is 14.4 Å². The second kappa shape index (κ2) is 31.2. The molecule has 6 aliphatic heterocycles. The third kappa shape index (κ3) is 16.6. The highest BCUT2D eigenvalue weighted by molar-refractivity contribution is 9.10. The maximum Gasteiger partial charge on any atom is 0.263 e. The van der Waals surface area contributed by atoms with Crippen LogP contribution in [-0.4, -0.2) is 152 Å². The summed E-state index contributed by atoms with van der Waals surface area (Å²) in [6.45, 7) is 33.6. The fourth-order valence-electron chi connectivity index (χ4n) is 15.0. The Hall–Kier alpha value is -7.32. The van der Waals surface area contributed by atoms with Crippen LogP contribution in [0.25, 0.3) is 97.5 Å². The minimum atomic E-state index is -1.25. The molecule has 20 nitrogen and oxygen atoms in total. The monoisotopic (exact) mass is 1590 g/mol. The van der Waals surface area contributed by atoms with Crippen molar-refractivity contribution >= 4 is 140 Å². The van der Waals surface area contributed by atoms with Gasteiger partial charge < -0.3 is 43.8 Å². The summed E-state index contributed by atoms with van der Waals surface area (Å²) in [6, 6.07) is 26.4. The molecule has 3 spiro atoms. The highest BCUT2D eigenvalue weighted by Gasteiger charge is 2.43. The molecule has 6 saturated heterocycles. The minimum Gasteiger partial charge on any atom is -0.380 e. The number of ether oxygens (including phenoxy) is 5. The molecular formula is C81H95BrN12O8S3Si2. The smallest absolute Gasteiger partial charge is 0.263 e. The zero-order valence-corrected chi connectivity index (χ0v) is 68.7. The van der Waals surface area contributed by atoms with Gasteiger partial charge in [0.15, 0.2) is 17.5 Å². The number of benzene rings is 3. The highest BCUT2D eigenvalue weighted by Crippen LogP contribution is 2.43. The van der Waals surface area contributed by atoms with E-state index in [4.69, 9.17) is 43.6 Å². The third-order valence-electron chi connectivity index (χ3n) is 22.1. The molecule has 0 amide bonds. The molecule has 15 heterocycles. The number of rotatable bonds is 15. The molecule has 0 radical (unpaired) electrons. The molecule has 9 aromatic heterocycles. The largest absolute Gasteiger partial charge is 0.380 e. The molecule has 0 aliphatic carbocycles. The lowest BCUT2D eigenvalue weighted by Gasteiger charge is -2.47. The van der Waals surface area contributed by atoms with E-state index in [1.165, 1.54) is 25.9 Å². The van der Waals surface area contributed by atoms with Gasteiger partial charge in [0.2, 0.25) is 0 Å². The molecule has 26 heteroatoms. The van der Waals surface area contributed by atoms with Crippen molar-refractivity contribution in [3.63, 3.8) is 0 Å². The van der Waals surface area contributed by atoms with Gasteiger partial charge in [-0.3, -0.25) is 38.5 Å². The average molecular weight is 1600 g/mol. The van der Waals surface area contributed by atoms with E-state index in [2.05, 4.69) is 128 Å². The topological polar surface area (TPSA) is 219 Å². The molecule has 0 unspecified atom stereocenters. The number of halogens is 1. The Bertz CT molecular complexity index is 5450. The van der Waals surface area contributed by atoms with Crippen molar-refractivity contribution in [3.05, 3.63) is 160 Å². The number of fused-ring (bicyclic) bond motifs is 6. The SMILES string of the molecule is C1CC2(CCN1)COC2.Cc1cc(Br)cc2c(=O)n(COCC[Si](C)(C)C)c(-c3cc4ccsc4cn3)nc12.Cc1cc(N2CCC3(CC2)COC3)cc2c(=O)[nH]c(-c3cc4ccsc4cn3)nc12.Cc1cc(N2CCC3(CC2)COC3)cc2c(=O)n(COCC[Si](C)(C)C)c(-c3cc4ccsc4cn3)nc12. The molecule has 3 aromatic carbocycles. The Kier molecular flexibility index (Phi) is 21.9. The Morgan fingerprint density at radius 1 is 0.495 bits per heavy atom. The Morgan fingerprint density at radius 2 is 0.888 bits per heavy atom. The van der Waals surface area contributed by atoms with E-state index in [1.54, 1.807) is 43.1 Å². The number of aromatic amines is 1. The molecule has 6 fully saturated rings. The lowest BCUT2D eigenvalue weighted by atomic mass is 9.76. The summed E-state index contributed by atoms with van der Waals surface area (Å²) in [5.74, 6) is 1.62. The van der Waals surface area contributed by atoms with Crippen molar-refractivity contribution < 1.29 is 23.7 Å². The van der Waals surface area contributed by atoms with E-state index in [-0.39, 0.29) is 30.1 Å². The van der Waals surface area contributed by atoms with Gasteiger partial charge in [-0.05, 0) is 206 Å². The van der Waals surface area contributed by atoms with Gasteiger partial charge >= 0.3 is 0 Å². The van der Waals surface area contributed by atoms with E-state index in [0.29, 0.717) is 85.7 Å². The average Bonchev–Trinajstić information content (AvgIpc) is 1.26. The van der Waals surface area contributed by atoms with Gasteiger partial charge in [-0.15, -0.1) is 34.0 Å². The van der Waals surface area contributed by atoms with Gasteiger partial charge in [-0.2, -0.15) is 0 Å². The summed E-state index contributed by atoms with van der Waals surface area (Å²) in [5.41, 5.74) is 10.5. The van der Waals surface area contributed by atoms with Crippen LogP contribution in [0.1, 0.15) is 55.2 Å². The summed E-state index contributed by atoms with van der Waals surface area (Å²) >= 11 is 8.46. The van der Waals surface area contributed by atoms with Gasteiger partial charge in [-0.25, -0.2) is 15.0 Å². The quantitative estimate of drug-likeness (QED) is 0.0720. The molecule has 0 bridgehead atoms. The fourth-order valence-corrected chi connectivity index (χ4v) is 19.3. The fraction of sp³-hybridized carbons (Fsp3) is 0.444. The third-order valence-corrected chi connectivity index (χ3v) is 28.5. The predicted octanol–water partition coefficient (Wildman–Crippen LogP) is 16.5. The number of hydrogen-bond donors (Lipinski definition) is 2. The highest BCUT2D eigenvalue weighted by atomic mass is 79.9. The van der Waals surface area contributed by atoms with Crippen molar-refractivity contribution in [1.29, 1.82) is 0 Å². The van der Waals surface area contributed by atoms with Gasteiger partial charge in [0.25, 0.3) is 16.7 Å².